The second-order valence-electron chi connectivity index (χ2n) is 5.84. The molecule has 0 unspecified atom stereocenters. The van der Waals surface area contributed by atoms with E-state index in [4.69, 9.17) is 9.47 Å². The van der Waals surface area contributed by atoms with Crippen molar-refractivity contribution >= 4 is 38.8 Å². The fraction of sp³-hybridized carbons (Fsp3) is 0.143. The van der Waals surface area contributed by atoms with Gasteiger partial charge in [-0.3, -0.25) is 4.79 Å². The number of halogens is 1. The van der Waals surface area contributed by atoms with Crippen molar-refractivity contribution < 1.29 is 14.3 Å². The van der Waals surface area contributed by atoms with Crippen molar-refractivity contribution in [2.75, 3.05) is 14.2 Å². The lowest BCUT2D eigenvalue weighted by molar-refractivity contribution is -0.120. The third-order valence-electron chi connectivity index (χ3n) is 4.13. The number of hydrogen-bond acceptors (Lipinski definition) is 4. The molecule has 0 heterocycles. The number of hydrogen-bond donors (Lipinski definition) is 1. The van der Waals surface area contributed by atoms with Gasteiger partial charge >= 0.3 is 0 Å². The van der Waals surface area contributed by atoms with Gasteiger partial charge in [0, 0.05) is 11.6 Å². The molecule has 3 aromatic carbocycles. The van der Waals surface area contributed by atoms with Crippen LogP contribution in [0.5, 0.6) is 11.5 Å². The van der Waals surface area contributed by atoms with Crippen molar-refractivity contribution in [2.24, 2.45) is 5.10 Å². The molecule has 0 aromatic heterocycles. The number of benzene rings is 3. The molecule has 0 aliphatic heterocycles. The third-order valence-corrected chi connectivity index (χ3v) is 4.75. The van der Waals surface area contributed by atoms with Crippen molar-refractivity contribution in [2.45, 2.75) is 6.42 Å². The van der Waals surface area contributed by atoms with Crippen molar-refractivity contribution in [1.29, 1.82) is 0 Å². The van der Waals surface area contributed by atoms with E-state index in [1.807, 2.05) is 48.5 Å². The molecule has 0 saturated carbocycles. The summed E-state index contributed by atoms with van der Waals surface area (Å²) >= 11 is 3.43. The zero-order valence-corrected chi connectivity index (χ0v) is 16.6. The van der Waals surface area contributed by atoms with E-state index in [0.29, 0.717) is 11.5 Å². The maximum Gasteiger partial charge on any atom is 0.244 e. The molecule has 3 aromatic rings. The number of nitrogens with one attached hydrogen (secondary N) is 1. The zero-order valence-electron chi connectivity index (χ0n) is 15.0. The molecule has 27 heavy (non-hydrogen) atoms. The van der Waals surface area contributed by atoms with E-state index in [0.717, 1.165) is 26.4 Å². The van der Waals surface area contributed by atoms with Crippen LogP contribution in [0.1, 0.15) is 11.1 Å². The van der Waals surface area contributed by atoms with Crippen molar-refractivity contribution in [3.63, 3.8) is 0 Å². The number of amides is 1. The highest BCUT2D eigenvalue weighted by Gasteiger charge is 2.09. The number of carbonyl (C=O) groups is 1. The summed E-state index contributed by atoms with van der Waals surface area (Å²) in [5.74, 6) is 1.07. The number of fused-ring (bicyclic) bond motifs is 1. The Kier molecular flexibility index (Phi) is 6.08. The SMILES string of the molecule is COc1cc(OC)c(/C=N\NC(=O)Cc2cccc3ccccc23)cc1Br. The summed E-state index contributed by atoms with van der Waals surface area (Å²) in [5, 5.41) is 6.24. The topological polar surface area (TPSA) is 59.9 Å². The third kappa shape index (κ3) is 4.46. The second kappa shape index (κ2) is 8.68. The lowest BCUT2D eigenvalue weighted by Gasteiger charge is -2.09. The highest BCUT2D eigenvalue weighted by Crippen LogP contribution is 2.31. The zero-order chi connectivity index (χ0) is 19.2. The average molecular weight is 427 g/mol. The quantitative estimate of drug-likeness (QED) is 0.471. The van der Waals surface area contributed by atoms with E-state index in [2.05, 4.69) is 26.5 Å². The van der Waals surface area contributed by atoms with E-state index in [9.17, 15) is 4.79 Å². The minimum Gasteiger partial charge on any atom is -0.496 e. The predicted molar refractivity (Wildman–Crippen MR) is 111 cm³/mol. The van der Waals surface area contributed by atoms with Gasteiger partial charge in [0.05, 0.1) is 31.3 Å². The number of ether oxygens (including phenoxy) is 2. The molecule has 138 valence electrons. The lowest BCUT2D eigenvalue weighted by atomic mass is 10.0. The maximum absolute atomic E-state index is 12.3. The van der Waals surface area contributed by atoms with Gasteiger partial charge in [-0.05, 0) is 38.3 Å². The molecule has 0 atom stereocenters. The van der Waals surface area contributed by atoms with Gasteiger partial charge in [0.1, 0.15) is 11.5 Å². The Bertz CT molecular complexity index is 997. The molecule has 0 fully saturated rings. The van der Waals surface area contributed by atoms with E-state index in [1.54, 1.807) is 26.5 Å². The maximum atomic E-state index is 12.3. The molecule has 3 rings (SSSR count). The van der Waals surface area contributed by atoms with Crippen LogP contribution < -0.4 is 14.9 Å². The summed E-state index contributed by atoms with van der Waals surface area (Å²) in [7, 11) is 3.15. The van der Waals surface area contributed by atoms with E-state index in [-0.39, 0.29) is 12.3 Å². The van der Waals surface area contributed by atoms with E-state index < -0.39 is 0 Å². The van der Waals surface area contributed by atoms with Gasteiger partial charge in [-0.1, -0.05) is 42.5 Å². The van der Waals surface area contributed by atoms with Crippen LogP contribution in [0.15, 0.2) is 64.2 Å². The van der Waals surface area contributed by atoms with Gasteiger partial charge < -0.3 is 9.47 Å². The summed E-state index contributed by atoms with van der Waals surface area (Å²) in [6.07, 6.45) is 1.80. The second-order valence-corrected chi connectivity index (χ2v) is 6.69. The van der Waals surface area contributed by atoms with Crippen molar-refractivity contribution in [3.8, 4) is 11.5 Å². The fourth-order valence-electron chi connectivity index (χ4n) is 2.82. The van der Waals surface area contributed by atoms with Crippen molar-refractivity contribution in [1.82, 2.24) is 5.43 Å². The normalized spacial score (nSPS) is 10.9. The highest BCUT2D eigenvalue weighted by molar-refractivity contribution is 9.10. The molecule has 1 N–H and O–H groups in total. The first kappa shape index (κ1) is 18.9. The molecule has 0 bridgehead atoms. The van der Waals surface area contributed by atoms with Crippen LogP contribution in [0, 0.1) is 0 Å². The summed E-state index contributed by atoms with van der Waals surface area (Å²) in [4.78, 5) is 12.3. The van der Waals surface area contributed by atoms with Crippen LogP contribution >= 0.6 is 15.9 Å². The molecular formula is C21H19BrN2O3. The molecule has 0 aliphatic rings. The Morgan fingerprint density at radius 2 is 1.81 bits per heavy atom. The van der Waals surface area contributed by atoms with Crippen LogP contribution in [-0.4, -0.2) is 26.3 Å². The molecule has 5 nitrogen and oxygen atoms in total. The monoisotopic (exact) mass is 426 g/mol. The standard InChI is InChI=1S/C21H19BrN2O3/c1-26-19-12-20(27-2)18(22)10-16(19)13-23-24-21(25)11-15-8-5-7-14-6-3-4-9-17(14)15/h3-10,12-13H,11H2,1-2H3,(H,24,25)/b23-13-. The average Bonchev–Trinajstić information content (AvgIpc) is 2.68. The summed E-state index contributed by atoms with van der Waals surface area (Å²) in [6, 6.07) is 17.5. The molecule has 0 radical (unpaired) electrons. The summed E-state index contributed by atoms with van der Waals surface area (Å²) in [5.41, 5.74) is 4.25. The Balaban J connectivity index is 1.71. The smallest absolute Gasteiger partial charge is 0.244 e. The van der Waals surface area contributed by atoms with E-state index >= 15 is 0 Å². The van der Waals surface area contributed by atoms with Gasteiger partial charge in [0.25, 0.3) is 0 Å². The fourth-order valence-corrected chi connectivity index (χ4v) is 3.34. The molecule has 0 saturated heterocycles. The van der Waals surface area contributed by atoms with Gasteiger partial charge in [-0.2, -0.15) is 5.10 Å². The number of carbonyl (C=O) groups excluding carboxylic acids is 1. The van der Waals surface area contributed by atoms with Crippen LogP contribution in [0.25, 0.3) is 10.8 Å². The molecular weight excluding hydrogens is 408 g/mol. The molecule has 0 spiro atoms. The van der Waals surface area contributed by atoms with Crippen molar-refractivity contribution in [3.05, 3.63) is 70.2 Å². The number of hydrazone groups is 1. The first-order valence-corrected chi connectivity index (χ1v) is 9.11. The largest absolute Gasteiger partial charge is 0.496 e. The highest BCUT2D eigenvalue weighted by atomic mass is 79.9. The minimum absolute atomic E-state index is 0.186. The lowest BCUT2D eigenvalue weighted by Crippen LogP contribution is -2.20. The van der Waals surface area contributed by atoms with Crippen LogP contribution in [0.2, 0.25) is 0 Å². The summed E-state index contributed by atoms with van der Waals surface area (Å²) in [6.45, 7) is 0. The number of methoxy groups -OCH3 is 2. The Morgan fingerprint density at radius 3 is 2.59 bits per heavy atom. The molecule has 0 aliphatic carbocycles. The number of nitrogens with zero attached hydrogens (tertiary/aromatic N) is 1. The first-order chi connectivity index (χ1) is 13.1. The minimum atomic E-state index is -0.186. The van der Waals surface area contributed by atoms with Gasteiger partial charge in [-0.15, -0.1) is 0 Å². The van der Waals surface area contributed by atoms with Gasteiger partial charge in [-0.25, -0.2) is 5.43 Å². The number of rotatable bonds is 6. The summed E-state index contributed by atoms with van der Waals surface area (Å²) < 4.78 is 11.4. The van der Waals surface area contributed by atoms with Crippen LogP contribution in [0.3, 0.4) is 0 Å². The van der Waals surface area contributed by atoms with E-state index in [1.165, 1.54) is 0 Å². The predicted octanol–water partition coefficient (Wildman–Crippen LogP) is 4.31. The Labute approximate surface area is 166 Å². The van der Waals surface area contributed by atoms with Gasteiger partial charge in [0.15, 0.2) is 0 Å². The first-order valence-electron chi connectivity index (χ1n) is 8.32. The Morgan fingerprint density at radius 1 is 1.07 bits per heavy atom. The van der Waals surface area contributed by atoms with Crippen LogP contribution in [0.4, 0.5) is 0 Å². The Hall–Kier alpha value is -2.86. The van der Waals surface area contributed by atoms with Crippen LogP contribution in [-0.2, 0) is 11.2 Å². The van der Waals surface area contributed by atoms with Gasteiger partial charge in [0.2, 0.25) is 5.91 Å². The molecule has 1 amide bonds. The molecule has 6 heteroatoms.